The molecule has 3 aromatic rings. The topological polar surface area (TPSA) is 80.5 Å². The van der Waals surface area contributed by atoms with E-state index >= 15 is 0 Å². The molecule has 0 aliphatic carbocycles. The average molecular weight is 412 g/mol. The van der Waals surface area contributed by atoms with Gasteiger partial charge in [0.2, 0.25) is 17.6 Å². The largest absolute Gasteiger partial charge is 0.497 e. The number of amides is 1. The highest BCUT2D eigenvalue weighted by Crippen LogP contribution is 2.20. The van der Waals surface area contributed by atoms with Gasteiger partial charge in [-0.2, -0.15) is 4.98 Å². The Morgan fingerprint density at radius 2 is 1.97 bits per heavy atom. The molecule has 1 aromatic heterocycles. The first-order chi connectivity index (χ1) is 14.6. The third-order valence-electron chi connectivity index (χ3n) is 4.64. The minimum absolute atomic E-state index is 0.0901. The summed E-state index contributed by atoms with van der Waals surface area (Å²) in [4.78, 5) is 18.2. The minimum Gasteiger partial charge on any atom is -0.497 e. The van der Waals surface area contributed by atoms with Crippen molar-refractivity contribution in [3.63, 3.8) is 0 Å². The zero-order valence-corrected chi connectivity index (χ0v) is 17.1. The fourth-order valence-electron chi connectivity index (χ4n) is 2.95. The lowest BCUT2D eigenvalue weighted by Crippen LogP contribution is -2.28. The molecule has 0 saturated heterocycles. The Morgan fingerprint density at radius 1 is 1.20 bits per heavy atom. The summed E-state index contributed by atoms with van der Waals surface area (Å²) in [5.74, 6) is 1.30. The molecule has 0 unspecified atom stereocenters. The second-order valence-corrected chi connectivity index (χ2v) is 6.82. The van der Waals surface area contributed by atoms with E-state index in [0.29, 0.717) is 43.3 Å². The van der Waals surface area contributed by atoms with Crippen LogP contribution in [-0.4, -0.2) is 43.3 Å². The van der Waals surface area contributed by atoms with Gasteiger partial charge in [-0.15, -0.1) is 0 Å². The zero-order valence-electron chi connectivity index (χ0n) is 17.1. The number of nitrogens with zero attached hydrogens (tertiary/aromatic N) is 3. The number of aryl methyl sites for hydroxylation is 1. The number of halogens is 1. The van der Waals surface area contributed by atoms with Crippen LogP contribution in [0.25, 0.3) is 11.4 Å². The Labute approximate surface area is 174 Å². The Morgan fingerprint density at radius 3 is 2.70 bits per heavy atom. The molecule has 0 aliphatic heterocycles. The second kappa shape index (κ2) is 10.4. The van der Waals surface area contributed by atoms with Gasteiger partial charge in [-0.3, -0.25) is 4.79 Å². The molecule has 0 fully saturated rings. The third kappa shape index (κ3) is 5.79. The maximum Gasteiger partial charge on any atom is 0.227 e. The first-order valence-electron chi connectivity index (χ1n) is 9.76. The summed E-state index contributed by atoms with van der Waals surface area (Å²) >= 11 is 0. The molecule has 2 aromatic carbocycles. The van der Waals surface area contributed by atoms with Crippen molar-refractivity contribution in [1.82, 2.24) is 15.5 Å². The summed E-state index contributed by atoms with van der Waals surface area (Å²) in [6, 6.07) is 14.0. The first kappa shape index (κ1) is 21.3. The number of aromatic nitrogens is 2. The van der Waals surface area contributed by atoms with Crippen LogP contribution in [0.2, 0.25) is 0 Å². The fourth-order valence-corrected chi connectivity index (χ4v) is 2.95. The van der Waals surface area contributed by atoms with Gasteiger partial charge in [0.25, 0.3) is 0 Å². The van der Waals surface area contributed by atoms with Crippen molar-refractivity contribution in [2.45, 2.75) is 19.3 Å². The van der Waals surface area contributed by atoms with E-state index in [0.717, 1.165) is 11.3 Å². The second-order valence-electron chi connectivity index (χ2n) is 6.82. The smallest absolute Gasteiger partial charge is 0.227 e. The highest BCUT2D eigenvalue weighted by Gasteiger charge is 2.11. The summed E-state index contributed by atoms with van der Waals surface area (Å²) in [6.45, 7) is 1.15. The number of para-hydroxylation sites is 1. The van der Waals surface area contributed by atoms with Crippen molar-refractivity contribution in [1.29, 1.82) is 0 Å². The third-order valence-corrected chi connectivity index (χ3v) is 4.64. The number of hydrogen-bond donors (Lipinski definition) is 1. The van der Waals surface area contributed by atoms with Crippen molar-refractivity contribution >= 4 is 11.6 Å². The summed E-state index contributed by atoms with van der Waals surface area (Å²) in [5.41, 5.74) is 1.36. The molecule has 158 valence electrons. The molecule has 8 heteroatoms. The highest BCUT2D eigenvalue weighted by atomic mass is 19.1. The van der Waals surface area contributed by atoms with Crippen LogP contribution < -0.4 is 15.0 Å². The van der Waals surface area contributed by atoms with E-state index in [1.165, 1.54) is 6.07 Å². The lowest BCUT2D eigenvalue weighted by Gasteiger charge is -2.19. The average Bonchev–Trinajstić information content (AvgIpc) is 3.24. The summed E-state index contributed by atoms with van der Waals surface area (Å²) in [6.07, 6.45) is 1.33. The van der Waals surface area contributed by atoms with Crippen molar-refractivity contribution in [2.24, 2.45) is 0 Å². The lowest BCUT2D eigenvalue weighted by atomic mass is 10.2. The van der Waals surface area contributed by atoms with E-state index in [1.807, 2.05) is 36.2 Å². The maximum atomic E-state index is 13.7. The number of carbonyl (C=O) groups excluding carboxylic acids is 1. The molecule has 0 aliphatic rings. The minimum atomic E-state index is -0.252. The van der Waals surface area contributed by atoms with Crippen molar-refractivity contribution in [3.8, 4) is 17.1 Å². The van der Waals surface area contributed by atoms with Crippen LogP contribution in [0.5, 0.6) is 5.75 Å². The molecule has 0 atom stereocenters. The fraction of sp³-hybridized carbons (Fsp3) is 0.318. The van der Waals surface area contributed by atoms with Gasteiger partial charge < -0.3 is 19.5 Å². The monoisotopic (exact) mass is 412 g/mol. The van der Waals surface area contributed by atoms with Crippen LogP contribution in [0.15, 0.2) is 53.1 Å². The number of carbonyl (C=O) groups is 1. The molecular formula is C22H25FN4O3. The molecule has 1 heterocycles. The van der Waals surface area contributed by atoms with E-state index in [1.54, 1.807) is 25.3 Å². The van der Waals surface area contributed by atoms with E-state index in [9.17, 15) is 9.18 Å². The number of anilines is 1. The molecule has 0 radical (unpaired) electrons. The first-order valence-corrected chi connectivity index (χ1v) is 9.76. The number of methoxy groups -OCH3 is 1. The van der Waals surface area contributed by atoms with Gasteiger partial charge in [-0.25, -0.2) is 4.39 Å². The molecule has 0 spiro atoms. The number of benzene rings is 2. The van der Waals surface area contributed by atoms with Crippen LogP contribution >= 0.6 is 0 Å². The normalized spacial score (nSPS) is 10.6. The Bertz CT molecular complexity index is 959. The highest BCUT2D eigenvalue weighted by molar-refractivity contribution is 5.76. The molecular weight excluding hydrogens is 387 g/mol. The summed E-state index contributed by atoms with van der Waals surface area (Å²) in [7, 11) is 3.43. The van der Waals surface area contributed by atoms with Crippen LogP contribution in [0.3, 0.4) is 0 Å². The van der Waals surface area contributed by atoms with E-state index in [2.05, 4.69) is 15.5 Å². The number of nitrogens with one attached hydrogen (secondary N) is 1. The Hall–Kier alpha value is -3.42. The van der Waals surface area contributed by atoms with E-state index in [-0.39, 0.29) is 18.1 Å². The van der Waals surface area contributed by atoms with E-state index in [4.69, 9.17) is 9.26 Å². The molecule has 3 rings (SSSR count). The summed E-state index contributed by atoms with van der Waals surface area (Å²) < 4.78 is 24.1. The number of hydrogen-bond acceptors (Lipinski definition) is 6. The molecule has 0 bridgehead atoms. The van der Waals surface area contributed by atoms with Crippen molar-refractivity contribution in [3.05, 3.63) is 60.2 Å². The van der Waals surface area contributed by atoms with Gasteiger partial charge in [0.05, 0.1) is 12.8 Å². The van der Waals surface area contributed by atoms with Crippen molar-refractivity contribution in [2.75, 3.05) is 32.1 Å². The van der Waals surface area contributed by atoms with Crippen LogP contribution in [0.1, 0.15) is 18.7 Å². The standard InChI is InChI=1S/C22H25FN4O3/c1-27(19-7-4-3-6-18(19)23)15-5-14-24-20(28)12-13-21-25-22(26-30-21)16-8-10-17(29-2)11-9-16/h3-4,6-11H,5,12-15H2,1-2H3,(H,24,28). The van der Waals surface area contributed by atoms with Gasteiger partial charge >= 0.3 is 0 Å². The van der Waals surface area contributed by atoms with Gasteiger partial charge in [-0.1, -0.05) is 17.3 Å². The zero-order chi connectivity index (χ0) is 21.3. The quantitative estimate of drug-likeness (QED) is 0.514. The van der Waals surface area contributed by atoms with Crippen LogP contribution in [0.4, 0.5) is 10.1 Å². The SMILES string of the molecule is COc1ccc(-c2noc(CCC(=O)NCCCN(C)c3ccccc3F)n2)cc1. The van der Waals surface area contributed by atoms with Gasteiger partial charge in [-0.05, 0) is 42.8 Å². The van der Waals surface area contributed by atoms with Gasteiger partial charge in [0.1, 0.15) is 11.6 Å². The number of ether oxygens (including phenoxy) is 1. The predicted octanol–water partition coefficient (Wildman–Crippen LogP) is 3.46. The molecule has 1 N–H and O–H groups in total. The lowest BCUT2D eigenvalue weighted by molar-refractivity contribution is -0.121. The number of rotatable bonds is 10. The van der Waals surface area contributed by atoms with E-state index < -0.39 is 0 Å². The predicted molar refractivity (Wildman–Crippen MR) is 112 cm³/mol. The Balaban J connectivity index is 1.38. The van der Waals surface area contributed by atoms with Crippen LogP contribution in [0, 0.1) is 5.82 Å². The summed E-state index contributed by atoms with van der Waals surface area (Å²) in [5, 5.41) is 6.82. The van der Waals surface area contributed by atoms with Crippen LogP contribution in [-0.2, 0) is 11.2 Å². The Kier molecular flexibility index (Phi) is 7.37. The van der Waals surface area contributed by atoms with Gasteiger partial charge in [0, 0.05) is 38.5 Å². The van der Waals surface area contributed by atoms with Crippen molar-refractivity contribution < 1.29 is 18.4 Å². The molecule has 0 saturated carbocycles. The van der Waals surface area contributed by atoms with Gasteiger partial charge in [0.15, 0.2) is 0 Å². The maximum absolute atomic E-state index is 13.7. The molecule has 7 nitrogen and oxygen atoms in total. The molecule has 1 amide bonds. The molecule has 30 heavy (non-hydrogen) atoms.